The molecule has 0 aliphatic heterocycles. The summed E-state index contributed by atoms with van der Waals surface area (Å²) in [6.07, 6.45) is 10.7. The van der Waals surface area contributed by atoms with Crippen molar-refractivity contribution in [2.75, 3.05) is 0 Å². The Balaban J connectivity index is 1.62. The standard InChI is InChI=1S/C19H32O2/c1-18-7-6-16-15(17(18)10-14(21)11-18)4-3-12-9-13(20)5-8-19(12,16)2/h12-17,20-21H,3-11H2,1-2H3/t12-,13-,14-,15+,16+,17-,18-,19-/m0/s1. The first-order valence-corrected chi connectivity index (χ1v) is 9.28. The quantitative estimate of drug-likeness (QED) is 0.714. The van der Waals surface area contributed by atoms with Crippen molar-refractivity contribution < 1.29 is 10.2 Å². The molecule has 0 bridgehead atoms. The lowest BCUT2D eigenvalue weighted by Gasteiger charge is -2.60. The Morgan fingerprint density at radius 3 is 2.43 bits per heavy atom. The van der Waals surface area contributed by atoms with Gasteiger partial charge in [-0.05, 0) is 92.3 Å². The molecule has 8 atom stereocenters. The van der Waals surface area contributed by atoms with Crippen molar-refractivity contribution in [3.05, 3.63) is 0 Å². The highest BCUT2D eigenvalue weighted by Gasteiger charge is 2.58. The molecule has 4 saturated carbocycles. The third-order valence-corrected chi connectivity index (χ3v) is 8.38. The van der Waals surface area contributed by atoms with Crippen LogP contribution in [-0.2, 0) is 0 Å². The molecular weight excluding hydrogens is 260 g/mol. The number of hydrogen-bond donors (Lipinski definition) is 2. The van der Waals surface area contributed by atoms with Crippen molar-refractivity contribution in [2.45, 2.75) is 83.8 Å². The van der Waals surface area contributed by atoms with Gasteiger partial charge in [0.25, 0.3) is 0 Å². The highest BCUT2D eigenvalue weighted by atomic mass is 16.3. The third kappa shape index (κ3) is 2.05. The first-order chi connectivity index (χ1) is 9.92. The minimum absolute atomic E-state index is 0.0400. The summed E-state index contributed by atoms with van der Waals surface area (Å²) in [5, 5.41) is 20.3. The molecule has 2 heteroatoms. The first-order valence-electron chi connectivity index (χ1n) is 9.28. The molecule has 0 spiro atoms. The lowest BCUT2D eigenvalue weighted by molar-refractivity contribution is -0.120. The van der Waals surface area contributed by atoms with Crippen LogP contribution in [0.3, 0.4) is 0 Å². The second kappa shape index (κ2) is 4.71. The van der Waals surface area contributed by atoms with Crippen LogP contribution in [0.1, 0.15) is 71.6 Å². The van der Waals surface area contributed by atoms with Gasteiger partial charge in [0.15, 0.2) is 0 Å². The van der Waals surface area contributed by atoms with Crippen LogP contribution >= 0.6 is 0 Å². The number of fused-ring (bicyclic) bond motifs is 5. The predicted molar refractivity (Wildman–Crippen MR) is 83.7 cm³/mol. The van der Waals surface area contributed by atoms with Crippen LogP contribution < -0.4 is 0 Å². The molecule has 0 amide bonds. The fraction of sp³-hybridized carbons (Fsp3) is 1.00. The van der Waals surface area contributed by atoms with E-state index in [1.807, 2.05) is 0 Å². The van der Waals surface area contributed by atoms with E-state index in [0.717, 1.165) is 49.4 Å². The number of rotatable bonds is 0. The second-order valence-corrected chi connectivity index (χ2v) is 9.37. The predicted octanol–water partition coefficient (Wildman–Crippen LogP) is 3.75. The lowest BCUT2D eigenvalue weighted by Crippen LogP contribution is -2.53. The van der Waals surface area contributed by atoms with E-state index in [1.54, 1.807) is 0 Å². The zero-order chi connectivity index (χ0) is 14.8. The third-order valence-electron chi connectivity index (χ3n) is 8.38. The van der Waals surface area contributed by atoms with Crippen LogP contribution in [0, 0.1) is 34.5 Å². The van der Waals surface area contributed by atoms with Crippen molar-refractivity contribution in [2.24, 2.45) is 34.5 Å². The van der Waals surface area contributed by atoms with Gasteiger partial charge in [-0.25, -0.2) is 0 Å². The molecule has 4 rings (SSSR count). The molecule has 2 N–H and O–H groups in total. The summed E-state index contributed by atoms with van der Waals surface area (Å²) in [6, 6.07) is 0. The summed E-state index contributed by atoms with van der Waals surface area (Å²) < 4.78 is 0. The fourth-order valence-electron chi connectivity index (χ4n) is 7.26. The molecule has 4 aliphatic rings. The SMILES string of the molecule is C[C@@]12CC[C@@H]3[C@@H](CC[C@H]4C[C@@H](O)CC[C@@]43C)[C@@H]1C[C@H](O)C2. The maximum atomic E-state index is 10.2. The van der Waals surface area contributed by atoms with Gasteiger partial charge in [0.05, 0.1) is 12.2 Å². The summed E-state index contributed by atoms with van der Waals surface area (Å²) in [6.45, 7) is 4.98. The van der Waals surface area contributed by atoms with Crippen LogP contribution in [0.2, 0.25) is 0 Å². The molecule has 0 saturated heterocycles. The molecule has 0 aromatic heterocycles. The van der Waals surface area contributed by atoms with Gasteiger partial charge in [-0.2, -0.15) is 0 Å². The Labute approximate surface area is 129 Å². The van der Waals surface area contributed by atoms with E-state index < -0.39 is 0 Å². The molecule has 2 nitrogen and oxygen atoms in total. The lowest BCUT2D eigenvalue weighted by atomic mass is 9.45. The largest absolute Gasteiger partial charge is 0.393 e. The van der Waals surface area contributed by atoms with E-state index in [2.05, 4.69) is 13.8 Å². The Morgan fingerprint density at radius 2 is 1.62 bits per heavy atom. The van der Waals surface area contributed by atoms with E-state index >= 15 is 0 Å². The van der Waals surface area contributed by atoms with E-state index in [9.17, 15) is 10.2 Å². The van der Waals surface area contributed by atoms with Crippen molar-refractivity contribution in [3.8, 4) is 0 Å². The summed E-state index contributed by atoms with van der Waals surface area (Å²) in [5.41, 5.74) is 0.884. The summed E-state index contributed by atoms with van der Waals surface area (Å²) in [5.74, 6) is 3.21. The minimum atomic E-state index is -0.0440. The van der Waals surface area contributed by atoms with Crippen LogP contribution in [0.15, 0.2) is 0 Å². The molecule has 0 aromatic carbocycles. The van der Waals surface area contributed by atoms with Crippen LogP contribution in [-0.4, -0.2) is 22.4 Å². The van der Waals surface area contributed by atoms with E-state index in [1.165, 1.54) is 32.1 Å². The number of aliphatic hydroxyl groups excluding tert-OH is 2. The van der Waals surface area contributed by atoms with Crippen LogP contribution in [0.4, 0.5) is 0 Å². The van der Waals surface area contributed by atoms with Gasteiger partial charge < -0.3 is 10.2 Å². The van der Waals surface area contributed by atoms with Gasteiger partial charge in [0, 0.05) is 0 Å². The monoisotopic (exact) mass is 292 g/mol. The minimum Gasteiger partial charge on any atom is -0.393 e. The average molecular weight is 292 g/mol. The zero-order valence-corrected chi connectivity index (χ0v) is 13.7. The topological polar surface area (TPSA) is 40.5 Å². The Hall–Kier alpha value is -0.0800. The van der Waals surface area contributed by atoms with E-state index in [0.29, 0.717) is 10.8 Å². The van der Waals surface area contributed by atoms with Crippen LogP contribution in [0.25, 0.3) is 0 Å². The molecular formula is C19H32O2. The van der Waals surface area contributed by atoms with Crippen molar-refractivity contribution in [1.29, 1.82) is 0 Å². The molecule has 0 unspecified atom stereocenters. The summed E-state index contributed by atoms with van der Waals surface area (Å²) in [4.78, 5) is 0. The zero-order valence-electron chi connectivity index (χ0n) is 13.7. The van der Waals surface area contributed by atoms with Crippen LogP contribution in [0.5, 0.6) is 0 Å². The molecule has 120 valence electrons. The van der Waals surface area contributed by atoms with Gasteiger partial charge in [-0.1, -0.05) is 13.8 Å². The maximum absolute atomic E-state index is 10.2. The second-order valence-electron chi connectivity index (χ2n) is 9.37. The maximum Gasteiger partial charge on any atom is 0.0548 e. The van der Waals surface area contributed by atoms with Gasteiger partial charge in [0.2, 0.25) is 0 Å². The molecule has 21 heavy (non-hydrogen) atoms. The summed E-state index contributed by atoms with van der Waals surface area (Å²) >= 11 is 0. The van der Waals surface area contributed by atoms with E-state index in [4.69, 9.17) is 0 Å². The Morgan fingerprint density at radius 1 is 0.810 bits per heavy atom. The van der Waals surface area contributed by atoms with Gasteiger partial charge in [-0.15, -0.1) is 0 Å². The number of hydrogen-bond acceptors (Lipinski definition) is 2. The molecule has 0 radical (unpaired) electrons. The van der Waals surface area contributed by atoms with Crippen molar-refractivity contribution >= 4 is 0 Å². The number of aliphatic hydroxyl groups is 2. The van der Waals surface area contributed by atoms with Gasteiger partial charge in [0.1, 0.15) is 0 Å². The smallest absolute Gasteiger partial charge is 0.0548 e. The van der Waals surface area contributed by atoms with Gasteiger partial charge in [-0.3, -0.25) is 0 Å². The Bertz CT molecular complexity index is 422. The molecule has 0 heterocycles. The fourth-order valence-corrected chi connectivity index (χ4v) is 7.26. The van der Waals surface area contributed by atoms with Crippen molar-refractivity contribution in [3.63, 3.8) is 0 Å². The highest BCUT2D eigenvalue weighted by Crippen LogP contribution is 2.66. The van der Waals surface area contributed by atoms with Crippen molar-refractivity contribution in [1.82, 2.24) is 0 Å². The van der Waals surface area contributed by atoms with Gasteiger partial charge >= 0.3 is 0 Å². The Kier molecular flexibility index (Phi) is 3.25. The average Bonchev–Trinajstić information content (AvgIpc) is 2.74. The summed E-state index contributed by atoms with van der Waals surface area (Å²) in [7, 11) is 0. The molecule has 0 aromatic rings. The van der Waals surface area contributed by atoms with E-state index in [-0.39, 0.29) is 12.2 Å². The normalized spacial score (nSPS) is 60.0. The highest BCUT2D eigenvalue weighted by molar-refractivity contribution is 5.08. The first kappa shape index (κ1) is 14.5. The molecule has 4 aliphatic carbocycles. The molecule has 4 fully saturated rings.